The molecule has 0 unspecified atom stereocenters. The Bertz CT molecular complexity index is 350. The summed E-state index contributed by atoms with van der Waals surface area (Å²) in [7, 11) is 0. The molecule has 0 spiro atoms. The van der Waals surface area contributed by atoms with E-state index >= 15 is 0 Å². The van der Waals surface area contributed by atoms with Crippen LogP contribution in [0.3, 0.4) is 0 Å². The summed E-state index contributed by atoms with van der Waals surface area (Å²) in [5.74, 6) is 0. The maximum absolute atomic E-state index is 10.7. The van der Waals surface area contributed by atoms with Crippen LogP contribution in [0, 0.1) is 0 Å². The molecule has 98 valence electrons. The number of hydrogen-bond donors (Lipinski definition) is 1. The molecule has 0 radical (unpaired) electrons. The number of nitrogens with zero attached hydrogens (tertiary/aromatic N) is 1. The predicted octanol–water partition coefficient (Wildman–Crippen LogP) is 1.37. The van der Waals surface area contributed by atoms with Crippen LogP contribution in [-0.2, 0) is 16.2 Å². The van der Waals surface area contributed by atoms with E-state index in [2.05, 4.69) is 5.32 Å². The standard InChI is InChI=1S/C14H20N2O2/c17-11-10-16(14-6-8-15-9-7-14)18-12-13-4-2-1-3-5-13/h1-5,11,14-15H,6-10,12H2. The van der Waals surface area contributed by atoms with Crippen molar-refractivity contribution in [1.29, 1.82) is 0 Å². The molecule has 4 heteroatoms. The molecule has 1 saturated heterocycles. The van der Waals surface area contributed by atoms with Crippen LogP contribution in [0.1, 0.15) is 18.4 Å². The third-order valence-corrected chi connectivity index (χ3v) is 3.21. The van der Waals surface area contributed by atoms with E-state index in [1.54, 1.807) is 0 Å². The zero-order chi connectivity index (χ0) is 12.6. The second-order valence-corrected chi connectivity index (χ2v) is 4.51. The van der Waals surface area contributed by atoms with Crippen molar-refractivity contribution in [2.24, 2.45) is 0 Å². The van der Waals surface area contributed by atoms with Crippen molar-refractivity contribution >= 4 is 6.29 Å². The molecular formula is C14H20N2O2. The molecule has 0 aromatic heterocycles. The van der Waals surface area contributed by atoms with Gasteiger partial charge in [-0.05, 0) is 31.5 Å². The normalized spacial score (nSPS) is 16.9. The summed E-state index contributed by atoms with van der Waals surface area (Å²) in [5.41, 5.74) is 1.13. The molecule has 4 nitrogen and oxygen atoms in total. The molecule has 0 amide bonds. The van der Waals surface area contributed by atoms with Crippen LogP contribution in [-0.4, -0.2) is 37.0 Å². The molecule has 0 aliphatic carbocycles. The van der Waals surface area contributed by atoms with Crippen LogP contribution < -0.4 is 5.32 Å². The van der Waals surface area contributed by atoms with Crippen LogP contribution in [0.4, 0.5) is 0 Å². The van der Waals surface area contributed by atoms with E-state index in [0.29, 0.717) is 19.2 Å². The number of hydroxylamine groups is 2. The van der Waals surface area contributed by atoms with Crippen molar-refractivity contribution < 1.29 is 9.63 Å². The summed E-state index contributed by atoms with van der Waals surface area (Å²) < 4.78 is 0. The van der Waals surface area contributed by atoms with E-state index in [4.69, 9.17) is 4.84 Å². The molecular weight excluding hydrogens is 228 g/mol. The summed E-state index contributed by atoms with van der Waals surface area (Å²) in [5, 5.41) is 5.15. The van der Waals surface area contributed by atoms with E-state index in [1.807, 2.05) is 35.4 Å². The SMILES string of the molecule is O=CCN(OCc1ccccc1)C1CCNCC1. The fraction of sp³-hybridized carbons (Fsp3) is 0.500. The van der Waals surface area contributed by atoms with Gasteiger partial charge in [-0.1, -0.05) is 30.3 Å². The molecule has 1 aliphatic heterocycles. The first-order chi connectivity index (χ1) is 8.90. The molecule has 1 aromatic carbocycles. The minimum atomic E-state index is 0.345. The average molecular weight is 248 g/mol. The third-order valence-electron chi connectivity index (χ3n) is 3.21. The van der Waals surface area contributed by atoms with Crippen molar-refractivity contribution in [3.63, 3.8) is 0 Å². The number of carbonyl (C=O) groups excluding carboxylic acids is 1. The average Bonchev–Trinajstić information content (AvgIpc) is 2.45. The molecule has 0 bridgehead atoms. The van der Waals surface area contributed by atoms with E-state index < -0.39 is 0 Å². The fourth-order valence-electron chi connectivity index (χ4n) is 2.21. The Morgan fingerprint density at radius 1 is 1.28 bits per heavy atom. The molecule has 1 N–H and O–H groups in total. The Morgan fingerprint density at radius 2 is 2.00 bits per heavy atom. The van der Waals surface area contributed by atoms with Crippen LogP contribution in [0.5, 0.6) is 0 Å². The van der Waals surface area contributed by atoms with Crippen LogP contribution in [0.25, 0.3) is 0 Å². The molecule has 1 fully saturated rings. The first kappa shape index (κ1) is 13.2. The maximum Gasteiger partial charge on any atom is 0.136 e. The predicted molar refractivity (Wildman–Crippen MR) is 69.9 cm³/mol. The summed E-state index contributed by atoms with van der Waals surface area (Å²) in [4.78, 5) is 16.5. The number of hydrogen-bond acceptors (Lipinski definition) is 4. The maximum atomic E-state index is 10.7. The largest absolute Gasteiger partial charge is 0.317 e. The fourth-order valence-corrected chi connectivity index (χ4v) is 2.21. The van der Waals surface area contributed by atoms with Gasteiger partial charge in [0.05, 0.1) is 13.2 Å². The van der Waals surface area contributed by atoms with Gasteiger partial charge in [-0.2, -0.15) is 5.06 Å². The summed E-state index contributed by atoms with van der Waals surface area (Å²) in [6, 6.07) is 10.4. The van der Waals surface area contributed by atoms with E-state index in [1.165, 1.54) is 0 Å². The molecule has 1 heterocycles. The van der Waals surface area contributed by atoms with Crippen molar-refractivity contribution in [3.8, 4) is 0 Å². The second-order valence-electron chi connectivity index (χ2n) is 4.51. The number of benzene rings is 1. The highest BCUT2D eigenvalue weighted by molar-refractivity contribution is 5.51. The zero-order valence-electron chi connectivity index (χ0n) is 10.5. The Kier molecular flexibility index (Phi) is 5.33. The first-order valence-electron chi connectivity index (χ1n) is 6.48. The van der Waals surface area contributed by atoms with Gasteiger partial charge < -0.3 is 10.1 Å². The van der Waals surface area contributed by atoms with Gasteiger partial charge >= 0.3 is 0 Å². The van der Waals surface area contributed by atoms with Crippen LogP contribution in [0.2, 0.25) is 0 Å². The molecule has 1 aromatic rings. The van der Waals surface area contributed by atoms with Crippen molar-refractivity contribution in [2.45, 2.75) is 25.5 Å². The lowest BCUT2D eigenvalue weighted by Crippen LogP contribution is -2.43. The van der Waals surface area contributed by atoms with Gasteiger partial charge in [-0.3, -0.25) is 4.84 Å². The lowest BCUT2D eigenvalue weighted by Gasteiger charge is -2.32. The summed E-state index contributed by atoms with van der Waals surface area (Å²) in [6.45, 7) is 2.86. The second kappa shape index (κ2) is 7.26. The zero-order valence-corrected chi connectivity index (χ0v) is 10.5. The third kappa shape index (κ3) is 3.91. The van der Waals surface area contributed by atoms with Gasteiger partial charge in [0.25, 0.3) is 0 Å². The van der Waals surface area contributed by atoms with Crippen molar-refractivity contribution in [1.82, 2.24) is 10.4 Å². The van der Waals surface area contributed by atoms with E-state index in [0.717, 1.165) is 37.8 Å². The highest BCUT2D eigenvalue weighted by Gasteiger charge is 2.21. The lowest BCUT2D eigenvalue weighted by molar-refractivity contribution is -0.197. The molecule has 0 atom stereocenters. The Labute approximate surface area is 108 Å². The molecule has 0 saturated carbocycles. The Balaban J connectivity index is 1.87. The number of rotatable bonds is 6. The number of carbonyl (C=O) groups is 1. The van der Waals surface area contributed by atoms with Gasteiger partial charge in [0.15, 0.2) is 0 Å². The molecule has 18 heavy (non-hydrogen) atoms. The Morgan fingerprint density at radius 3 is 2.67 bits per heavy atom. The minimum Gasteiger partial charge on any atom is -0.317 e. The number of nitrogens with one attached hydrogen (secondary N) is 1. The van der Waals surface area contributed by atoms with Gasteiger partial charge in [0.2, 0.25) is 0 Å². The number of piperidine rings is 1. The van der Waals surface area contributed by atoms with Crippen LogP contribution >= 0.6 is 0 Å². The van der Waals surface area contributed by atoms with Gasteiger partial charge in [-0.15, -0.1) is 0 Å². The Hall–Kier alpha value is -1.23. The smallest absolute Gasteiger partial charge is 0.136 e. The van der Waals surface area contributed by atoms with Gasteiger partial charge in [0, 0.05) is 6.04 Å². The first-order valence-corrected chi connectivity index (χ1v) is 6.48. The monoisotopic (exact) mass is 248 g/mol. The highest BCUT2D eigenvalue weighted by Crippen LogP contribution is 2.13. The molecule has 1 aliphatic rings. The van der Waals surface area contributed by atoms with Crippen molar-refractivity contribution in [2.75, 3.05) is 19.6 Å². The summed E-state index contributed by atoms with van der Waals surface area (Å²) >= 11 is 0. The topological polar surface area (TPSA) is 41.6 Å². The number of aldehydes is 1. The van der Waals surface area contributed by atoms with Gasteiger partial charge in [0.1, 0.15) is 6.29 Å². The highest BCUT2D eigenvalue weighted by atomic mass is 16.7. The minimum absolute atomic E-state index is 0.345. The van der Waals surface area contributed by atoms with E-state index in [9.17, 15) is 4.79 Å². The van der Waals surface area contributed by atoms with E-state index in [-0.39, 0.29) is 0 Å². The van der Waals surface area contributed by atoms with Gasteiger partial charge in [-0.25, -0.2) is 0 Å². The van der Waals surface area contributed by atoms with Crippen LogP contribution in [0.15, 0.2) is 30.3 Å². The van der Waals surface area contributed by atoms with Crippen molar-refractivity contribution in [3.05, 3.63) is 35.9 Å². The lowest BCUT2D eigenvalue weighted by atomic mass is 10.1. The summed E-state index contributed by atoms with van der Waals surface area (Å²) in [6.07, 6.45) is 2.97. The quantitative estimate of drug-likeness (QED) is 0.610. The molecule has 2 rings (SSSR count).